The maximum atomic E-state index is 11.0. The summed E-state index contributed by atoms with van der Waals surface area (Å²) in [5.74, 6) is -0.800. The smallest absolute Gasteiger partial charge is 0.326 e. The number of hydrogen-bond donors (Lipinski definition) is 2. The van der Waals surface area contributed by atoms with Gasteiger partial charge < -0.3 is 14.8 Å². The van der Waals surface area contributed by atoms with E-state index in [9.17, 15) is 4.79 Å². The second-order valence-corrected chi connectivity index (χ2v) is 4.01. The van der Waals surface area contributed by atoms with E-state index in [2.05, 4.69) is 5.32 Å². The molecule has 3 rings (SSSR count). The lowest BCUT2D eigenvalue weighted by molar-refractivity contribution is -0.138. The van der Waals surface area contributed by atoms with E-state index in [0.717, 1.165) is 28.6 Å². The minimum Gasteiger partial charge on any atom is -0.480 e. The maximum Gasteiger partial charge on any atom is 0.326 e. The molecule has 2 aromatic rings. The molecule has 1 atom stereocenters. The molecule has 0 radical (unpaired) electrons. The first kappa shape index (κ1) is 9.27. The minimum absolute atomic E-state index is 0.493. The summed E-state index contributed by atoms with van der Waals surface area (Å²) in [5, 5.41) is 13.0. The number of carboxylic acids is 1. The van der Waals surface area contributed by atoms with Crippen LogP contribution in [0.5, 0.6) is 0 Å². The number of nitrogens with one attached hydrogen (secondary N) is 1. The monoisotopic (exact) mass is 217 g/mol. The average molecular weight is 217 g/mol. The molecule has 0 fully saturated rings. The van der Waals surface area contributed by atoms with Crippen LogP contribution in [-0.4, -0.2) is 17.1 Å². The van der Waals surface area contributed by atoms with Gasteiger partial charge in [0.2, 0.25) is 0 Å². The van der Waals surface area contributed by atoms with Gasteiger partial charge >= 0.3 is 5.97 Å². The molecule has 4 heteroatoms. The van der Waals surface area contributed by atoms with Crippen LogP contribution in [0.4, 0.5) is 5.69 Å². The third-order valence-electron chi connectivity index (χ3n) is 3.04. The molecule has 0 saturated heterocycles. The fraction of sp³-hybridized carbons (Fsp3) is 0.250. The van der Waals surface area contributed by atoms with E-state index < -0.39 is 12.0 Å². The Morgan fingerprint density at radius 1 is 1.44 bits per heavy atom. The molecule has 0 saturated carbocycles. The first-order valence-corrected chi connectivity index (χ1v) is 5.24. The van der Waals surface area contributed by atoms with Gasteiger partial charge in [-0.25, -0.2) is 4.79 Å². The summed E-state index contributed by atoms with van der Waals surface area (Å²) < 4.78 is 5.29. The van der Waals surface area contributed by atoms with Crippen molar-refractivity contribution in [2.24, 2.45) is 0 Å². The Morgan fingerprint density at radius 3 is 3.12 bits per heavy atom. The number of benzene rings is 1. The Hall–Kier alpha value is -1.97. The van der Waals surface area contributed by atoms with Crippen LogP contribution in [0.25, 0.3) is 11.0 Å². The summed E-state index contributed by atoms with van der Waals surface area (Å²) in [4.78, 5) is 11.0. The first-order chi connectivity index (χ1) is 7.75. The highest BCUT2D eigenvalue weighted by molar-refractivity contribution is 5.94. The number of aliphatic carboxylic acids is 1. The van der Waals surface area contributed by atoms with Crippen molar-refractivity contribution in [1.29, 1.82) is 0 Å². The van der Waals surface area contributed by atoms with Gasteiger partial charge in [0.15, 0.2) is 0 Å². The van der Waals surface area contributed by atoms with Gasteiger partial charge in [0.05, 0.1) is 6.26 Å². The quantitative estimate of drug-likeness (QED) is 0.769. The standard InChI is InChI=1S/C12H11NO3/c14-12(15)9-3-1-7-2-4-10-8(5-6-16-10)11(7)13-9/h2,4-6,9,13H,1,3H2,(H,14,15). The van der Waals surface area contributed by atoms with Crippen LogP contribution < -0.4 is 5.32 Å². The third-order valence-corrected chi connectivity index (χ3v) is 3.04. The lowest BCUT2D eigenvalue weighted by Crippen LogP contribution is -2.33. The van der Waals surface area contributed by atoms with E-state index in [4.69, 9.17) is 9.52 Å². The molecule has 2 N–H and O–H groups in total. The molecular weight excluding hydrogens is 206 g/mol. The Bertz CT molecular complexity index is 558. The molecule has 2 heterocycles. The molecule has 1 aromatic heterocycles. The van der Waals surface area contributed by atoms with Crippen molar-refractivity contribution in [3.05, 3.63) is 30.0 Å². The lowest BCUT2D eigenvalue weighted by Gasteiger charge is -2.24. The fourth-order valence-corrected chi connectivity index (χ4v) is 2.20. The lowest BCUT2D eigenvalue weighted by atomic mass is 9.96. The van der Waals surface area contributed by atoms with Gasteiger partial charge in [-0.2, -0.15) is 0 Å². The van der Waals surface area contributed by atoms with E-state index in [1.54, 1.807) is 6.26 Å². The number of carbonyl (C=O) groups is 1. The Kier molecular flexibility index (Phi) is 1.89. The van der Waals surface area contributed by atoms with Crippen LogP contribution in [-0.2, 0) is 11.2 Å². The van der Waals surface area contributed by atoms with Gasteiger partial charge in [0.25, 0.3) is 0 Å². The summed E-state index contributed by atoms with van der Waals surface area (Å²) in [6.45, 7) is 0. The van der Waals surface area contributed by atoms with Gasteiger partial charge in [-0.1, -0.05) is 6.07 Å². The zero-order chi connectivity index (χ0) is 11.1. The predicted octanol–water partition coefficient (Wildman–Crippen LogP) is 2.24. The highest BCUT2D eigenvalue weighted by atomic mass is 16.4. The molecule has 1 aliphatic heterocycles. The van der Waals surface area contributed by atoms with Crippen LogP contribution >= 0.6 is 0 Å². The van der Waals surface area contributed by atoms with Crippen LogP contribution in [0.15, 0.2) is 28.9 Å². The molecule has 0 aliphatic carbocycles. The highest BCUT2D eigenvalue weighted by Gasteiger charge is 2.24. The third kappa shape index (κ3) is 1.26. The van der Waals surface area contributed by atoms with Gasteiger partial charge in [-0.05, 0) is 30.5 Å². The zero-order valence-electron chi connectivity index (χ0n) is 8.56. The van der Waals surface area contributed by atoms with Crippen molar-refractivity contribution in [2.45, 2.75) is 18.9 Å². The average Bonchev–Trinajstić information content (AvgIpc) is 2.76. The van der Waals surface area contributed by atoms with Crippen molar-refractivity contribution in [3.63, 3.8) is 0 Å². The van der Waals surface area contributed by atoms with Crippen molar-refractivity contribution in [1.82, 2.24) is 0 Å². The summed E-state index contributed by atoms with van der Waals surface area (Å²) in [5.41, 5.74) is 2.86. The summed E-state index contributed by atoms with van der Waals surface area (Å²) >= 11 is 0. The largest absolute Gasteiger partial charge is 0.480 e. The SMILES string of the molecule is O=C(O)C1CCc2ccc3occc3c2N1. The second-order valence-electron chi connectivity index (χ2n) is 4.01. The second kappa shape index (κ2) is 3.27. The van der Waals surface area contributed by atoms with Gasteiger partial charge in [-0.3, -0.25) is 0 Å². The Morgan fingerprint density at radius 2 is 2.31 bits per heavy atom. The number of furan rings is 1. The van der Waals surface area contributed by atoms with E-state index in [1.807, 2.05) is 18.2 Å². The summed E-state index contributed by atoms with van der Waals surface area (Å²) in [7, 11) is 0. The number of anilines is 1. The molecule has 0 amide bonds. The fourth-order valence-electron chi connectivity index (χ4n) is 2.20. The molecule has 0 bridgehead atoms. The predicted molar refractivity (Wildman–Crippen MR) is 59.6 cm³/mol. The van der Waals surface area contributed by atoms with E-state index in [-0.39, 0.29) is 0 Å². The van der Waals surface area contributed by atoms with Crippen molar-refractivity contribution in [2.75, 3.05) is 5.32 Å². The first-order valence-electron chi connectivity index (χ1n) is 5.24. The van der Waals surface area contributed by atoms with Gasteiger partial charge in [-0.15, -0.1) is 0 Å². The molecular formula is C12H11NO3. The normalized spacial score (nSPS) is 19.1. The molecule has 0 spiro atoms. The van der Waals surface area contributed by atoms with E-state index in [0.29, 0.717) is 6.42 Å². The van der Waals surface area contributed by atoms with Crippen molar-refractivity contribution in [3.8, 4) is 0 Å². The molecule has 1 unspecified atom stereocenters. The van der Waals surface area contributed by atoms with Crippen LogP contribution in [0, 0.1) is 0 Å². The van der Waals surface area contributed by atoms with Gasteiger partial charge in [0.1, 0.15) is 11.6 Å². The number of rotatable bonds is 1. The molecule has 4 nitrogen and oxygen atoms in total. The van der Waals surface area contributed by atoms with Crippen LogP contribution in [0.1, 0.15) is 12.0 Å². The van der Waals surface area contributed by atoms with Crippen LogP contribution in [0.2, 0.25) is 0 Å². The molecule has 82 valence electrons. The topological polar surface area (TPSA) is 62.5 Å². The molecule has 1 aliphatic rings. The number of aryl methyl sites for hydroxylation is 1. The molecule has 1 aromatic carbocycles. The zero-order valence-corrected chi connectivity index (χ0v) is 8.56. The highest BCUT2D eigenvalue weighted by Crippen LogP contribution is 2.33. The summed E-state index contributed by atoms with van der Waals surface area (Å²) in [6.07, 6.45) is 3.04. The summed E-state index contributed by atoms with van der Waals surface area (Å²) in [6, 6.07) is 5.29. The maximum absolute atomic E-state index is 11.0. The van der Waals surface area contributed by atoms with Crippen molar-refractivity contribution < 1.29 is 14.3 Å². The van der Waals surface area contributed by atoms with Crippen LogP contribution in [0.3, 0.4) is 0 Å². The Balaban J connectivity index is 2.13. The van der Waals surface area contributed by atoms with Gasteiger partial charge in [0, 0.05) is 11.1 Å². The number of fused-ring (bicyclic) bond motifs is 3. The van der Waals surface area contributed by atoms with Crippen molar-refractivity contribution >= 4 is 22.6 Å². The minimum atomic E-state index is -0.800. The number of carboxylic acid groups (broad SMARTS) is 1. The van der Waals surface area contributed by atoms with E-state index in [1.165, 1.54) is 0 Å². The van der Waals surface area contributed by atoms with E-state index >= 15 is 0 Å². The Labute approximate surface area is 91.9 Å². The number of hydrogen-bond acceptors (Lipinski definition) is 3. The molecule has 16 heavy (non-hydrogen) atoms.